The maximum Gasteiger partial charge on any atom is 0.516 e. The van der Waals surface area contributed by atoms with Gasteiger partial charge in [-0.2, -0.15) is 21.6 Å². The minimum absolute atomic E-state index is 0.0241. The lowest BCUT2D eigenvalue weighted by Crippen LogP contribution is -2.40. The van der Waals surface area contributed by atoms with Crippen molar-refractivity contribution < 1.29 is 36.0 Å². The van der Waals surface area contributed by atoms with E-state index in [0.29, 0.717) is 0 Å². The minimum atomic E-state index is -5.89. The molecular formula is C16H8F3NO5S. The molecule has 6 nitrogen and oxygen atoms in total. The first-order valence-corrected chi connectivity index (χ1v) is 8.47. The van der Waals surface area contributed by atoms with E-state index >= 15 is 0 Å². The monoisotopic (exact) mass is 383 g/mol. The Morgan fingerprint density at radius 1 is 0.846 bits per heavy atom. The molecule has 26 heavy (non-hydrogen) atoms. The number of benzene rings is 2. The van der Waals surface area contributed by atoms with Crippen LogP contribution < -0.4 is 4.72 Å². The van der Waals surface area contributed by atoms with Gasteiger partial charge in [-0.1, -0.05) is 24.3 Å². The molecule has 0 radical (unpaired) electrons. The second-order valence-electron chi connectivity index (χ2n) is 5.34. The van der Waals surface area contributed by atoms with Crippen LogP contribution in [0.2, 0.25) is 0 Å². The van der Waals surface area contributed by atoms with Gasteiger partial charge in [0.15, 0.2) is 11.6 Å². The summed E-state index contributed by atoms with van der Waals surface area (Å²) >= 11 is 0. The maximum absolute atomic E-state index is 12.5. The summed E-state index contributed by atoms with van der Waals surface area (Å²) in [6.07, 6.45) is 0. The number of carbonyl (C=O) groups is 3. The van der Waals surface area contributed by atoms with Crippen molar-refractivity contribution in [2.45, 2.75) is 5.51 Å². The van der Waals surface area contributed by atoms with Crippen molar-refractivity contribution >= 4 is 27.5 Å². The normalized spacial score (nSPS) is 13.8. The van der Waals surface area contributed by atoms with Gasteiger partial charge in [0.25, 0.3) is 5.91 Å². The van der Waals surface area contributed by atoms with Gasteiger partial charge in [-0.3, -0.25) is 14.4 Å². The summed E-state index contributed by atoms with van der Waals surface area (Å²) in [7, 11) is -5.89. The van der Waals surface area contributed by atoms with Crippen molar-refractivity contribution in [1.29, 1.82) is 0 Å². The van der Waals surface area contributed by atoms with Gasteiger partial charge in [-0.05, 0) is 18.2 Å². The Kier molecular flexibility index (Phi) is 3.95. The second kappa shape index (κ2) is 5.77. The number of ketones is 2. The number of nitrogens with one attached hydrogen (secondary N) is 1. The molecule has 1 aliphatic rings. The van der Waals surface area contributed by atoms with Crippen LogP contribution in [0.25, 0.3) is 0 Å². The third-order valence-corrected chi connectivity index (χ3v) is 4.78. The summed E-state index contributed by atoms with van der Waals surface area (Å²) in [4.78, 5) is 36.7. The van der Waals surface area contributed by atoms with Crippen LogP contribution >= 0.6 is 0 Å². The third-order valence-electron chi connectivity index (χ3n) is 3.72. The van der Waals surface area contributed by atoms with Gasteiger partial charge in [0, 0.05) is 27.8 Å². The molecule has 0 fully saturated rings. The molecule has 2 aromatic rings. The van der Waals surface area contributed by atoms with Crippen molar-refractivity contribution in [3.63, 3.8) is 0 Å². The molecule has 0 heterocycles. The molecule has 0 saturated carbocycles. The van der Waals surface area contributed by atoms with Gasteiger partial charge in [0.05, 0.1) is 0 Å². The Hall–Kier alpha value is -3.01. The van der Waals surface area contributed by atoms with Gasteiger partial charge in [0.2, 0.25) is 0 Å². The molecule has 10 heteroatoms. The number of hydrogen-bond donors (Lipinski definition) is 1. The zero-order valence-electron chi connectivity index (χ0n) is 12.6. The number of fused-ring (bicyclic) bond motifs is 2. The quantitative estimate of drug-likeness (QED) is 0.730. The van der Waals surface area contributed by atoms with Crippen molar-refractivity contribution in [1.82, 2.24) is 4.72 Å². The highest BCUT2D eigenvalue weighted by atomic mass is 32.2. The van der Waals surface area contributed by atoms with Gasteiger partial charge in [-0.15, -0.1) is 0 Å². The second-order valence-corrected chi connectivity index (χ2v) is 7.02. The third kappa shape index (κ3) is 2.77. The van der Waals surface area contributed by atoms with Crippen molar-refractivity contribution in [3.8, 4) is 0 Å². The average Bonchev–Trinajstić information content (AvgIpc) is 2.58. The molecule has 0 spiro atoms. The summed E-state index contributed by atoms with van der Waals surface area (Å²) < 4.78 is 60.0. The molecule has 3 rings (SSSR count). The first-order chi connectivity index (χ1) is 12.0. The van der Waals surface area contributed by atoms with E-state index in [9.17, 15) is 36.0 Å². The molecule has 1 aliphatic carbocycles. The summed E-state index contributed by atoms with van der Waals surface area (Å²) in [5.41, 5.74) is -6.12. The Morgan fingerprint density at radius 3 is 1.88 bits per heavy atom. The van der Waals surface area contributed by atoms with Crippen LogP contribution in [0.3, 0.4) is 0 Å². The number of rotatable bonds is 2. The van der Waals surface area contributed by atoms with Crippen LogP contribution in [0.1, 0.15) is 42.2 Å². The van der Waals surface area contributed by atoms with Crippen molar-refractivity contribution in [2.75, 3.05) is 0 Å². The summed E-state index contributed by atoms with van der Waals surface area (Å²) in [5, 5.41) is 0. The number of alkyl halides is 3. The lowest BCUT2D eigenvalue weighted by molar-refractivity contribution is -0.0446. The Bertz CT molecular complexity index is 1070. The maximum atomic E-state index is 12.5. The molecule has 134 valence electrons. The molecule has 1 N–H and O–H groups in total. The number of amides is 1. The van der Waals surface area contributed by atoms with Gasteiger partial charge in [0.1, 0.15) is 0 Å². The van der Waals surface area contributed by atoms with Gasteiger partial charge >= 0.3 is 15.5 Å². The van der Waals surface area contributed by atoms with Crippen LogP contribution in [0.15, 0.2) is 42.5 Å². The summed E-state index contributed by atoms with van der Waals surface area (Å²) in [6.45, 7) is 0. The predicted molar refractivity (Wildman–Crippen MR) is 82.2 cm³/mol. The topological polar surface area (TPSA) is 97.4 Å². The zero-order valence-corrected chi connectivity index (χ0v) is 13.4. The molecule has 0 unspecified atom stereocenters. The van der Waals surface area contributed by atoms with E-state index in [-0.39, 0.29) is 22.3 Å². The van der Waals surface area contributed by atoms with Gasteiger partial charge < -0.3 is 0 Å². The SMILES string of the molecule is O=C(NS(=O)(=O)C(F)(F)F)c1ccc2c(c1)C(=O)c1ccccc1C2=O. The fourth-order valence-corrected chi connectivity index (χ4v) is 2.96. The molecule has 0 saturated heterocycles. The Balaban J connectivity index is 2.01. The average molecular weight is 383 g/mol. The van der Waals surface area contributed by atoms with Crippen LogP contribution in [-0.4, -0.2) is 31.4 Å². The molecular weight excluding hydrogens is 375 g/mol. The molecule has 0 aromatic heterocycles. The van der Waals surface area contributed by atoms with E-state index in [2.05, 4.69) is 0 Å². The molecule has 0 aliphatic heterocycles. The van der Waals surface area contributed by atoms with E-state index in [1.807, 2.05) is 0 Å². The molecule has 2 aromatic carbocycles. The van der Waals surface area contributed by atoms with Crippen LogP contribution in [-0.2, 0) is 10.0 Å². The first kappa shape index (κ1) is 17.8. The van der Waals surface area contributed by atoms with E-state index < -0.39 is 38.6 Å². The van der Waals surface area contributed by atoms with E-state index in [1.165, 1.54) is 18.2 Å². The highest BCUT2D eigenvalue weighted by molar-refractivity contribution is 7.90. The highest BCUT2D eigenvalue weighted by Gasteiger charge is 2.47. The standard InChI is InChI=1S/C16H8F3NO5S/c17-16(18,19)26(24,25)20-15(23)8-5-6-11-12(7-8)14(22)10-4-2-1-3-9(10)13(11)21/h1-7H,(H,20,23). The summed E-state index contributed by atoms with van der Waals surface area (Å²) in [5.74, 6) is -2.64. The number of halogens is 3. The number of sulfonamides is 1. The van der Waals surface area contributed by atoms with Gasteiger partial charge in [-0.25, -0.2) is 4.72 Å². The molecule has 1 amide bonds. The van der Waals surface area contributed by atoms with Crippen LogP contribution in [0, 0.1) is 0 Å². The Morgan fingerprint density at radius 2 is 1.35 bits per heavy atom. The number of hydrogen-bond acceptors (Lipinski definition) is 5. The van der Waals surface area contributed by atoms with E-state index in [4.69, 9.17) is 0 Å². The zero-order chi connectivity index (χ0) is 19.3. The van der Waals surface area contributed by atoms with Crippen molar-refractivity contribution in [3.05, 3.63) is 70.3 Å². The van der Waals surface area contributed by atoms with Crippen molar-refractivity contribution in [2.24, 2.45) is 0 Å². The van der Waals surface area contributed by atoms with E-state index in [0.717, 1.165) is 22.9 Å². The molecule has 0 bridgehead atoms. The molecule has 0 atom stereocenters. The van der Waals surface area contributed by atoms with Crippen LogP contribution in [0.5, 0.6) is 0 Å². The largest absolute Gasteiger partial charge is 0.516 e. The van der Waals surface area contributed by atoms with E-state index in [1.54, 1.807) is 6.07 Å². The lowest BCUT2D eigenvalue weighted by Gasteiger charge is -2.18. The Labute approximate surface area is 144 Å². The number of carbonyl (C=O) groups excluding carboxylic acids is 3. The lowest BCUT2D eigenvalue weighted by atomic mass is 9.83. The fraction of sp³-hybridized carbons (Fsp3) is 0.0625. The minimum Gasteiger partial charge on any atom is -0.289 e. The fourth-order valence-electron chi connectivity index (χ4n) is 2.48. The van der Waals surface area contributed by atoms with Crippen LogP contribution in [0.4, 0.5) is 13.2 Å². The highest BCUT2D eigenvalue weighted by Crippen LogP contribution is 2.28. The first-order valence-electron chi connectivity index (χ1n) is 6.99. The summed E-state index contributed by atoms with van der Waals surface area (Å²) in [6, 6.07) is 8.92. The predicted octanol–water partition coefficient (Wildman–Crippen LogP) is 2.04. The smallest absolute Gasteiger partial charge is 0.289 e.